The van der Waals surface area contributed by atoms with Gasteiger partial charge in [-0.3, -0.25) is 4.68 Å². The molecule has 0 spiro atoms. The zero-order valence-electron chi connectivity index (χ0n) is 11.8. The van der Waals surface area contributed by atoms with Crippen LogP contribution in [0, 0.1) is 13.8 Å². The zero-order chi connectivity index (χ0) is 16.0. The Morgan fingerprint density at radius 1 is 1.19 bits per heavy atom. The fourth-order valence-electron chi connectivity index (χ4n) is 2.23. The van der Waals surface area contributed by atoms with Gasteiger partial charge in [-0.2, -0.15) is 18.3 Å². The molecule has 2 aromatic rings. The molecule has 0 aliphatic carbocycles. The Balaban J connectivity index is 2.73. The third kappa shape index (κ3) is 2.54. The number of rotatable bonds is 2. The maximum absolute atomic E-state index is 13.7. The molecule has 1 unspecified atom stereocenters. The van der Waals surface area contributed by atoms with Gasteiger partial charge in [0.05, 0.1) is 10.7 Å². The van der Waals surface area contributed by atoms with Crippen molar-refractivity contribution in [1.29, 1.82) is 0 Å². The summed E-state index contributed by atoms with van der Waals surface area (Å²) in [6.07, 6.45) is -1.86. The van der Waals surface area contributed by atoms with Gasteiger partial charge in [-0.25, -0.2) is 0 Å². The summed E-state index contributed by atoms with van der Waals surface area (Å²) < 4.78 is 42.6. The van der Waals surface area contributed by atoms with E-state index in [1.54, 1.807) is 13.8 Å². The van der Waals surface area contributed by atoms with Gasteiger partial charge in [-0.05, 0) is 53.4 Å². The Morgan fingerprint density at radius 3 is 2.10 bits per heavy atom. The molecule has 2 N–H and O–H groups in total. The Bertz CT molecular complexity index is 655. The highest BCUT2D eigenvalue weighted by Gasteiger charge is 2.54. The van der Waals surface area contributed by atoms with Crippen molar-refractivity contribution in [3.8, 4) is 0 Å². The largest absolute Gasteiger partial charge is 0.417 e. The molecule has 1 heterocycles. The molecule has 0 saturated heterocycles. The first kappa shape index (κ1) is 15.9. The van der Waals surface area contributed by atoms with E-state index < -0.39 is 11.7 Å². The monoisotopic (exact) mass is 361 g/mol. The molecule has 0 amide bonds. The van der Waals surface area contributed by atoms with E-state index in [0.717, 1.165) is 11.6 Å². The molecule has 0 saturated carbocycles. The minimum Gasteiger partial charge on any atom is -0.398 e. The Labute approximate surface area is 129 Å². The van der Waals surface area contributed by atoms with Crippen LogP contribution in [0.1, 0.15) is 23.6 Å². The lowest BCUT2D eigenvalue weighted by molar-refractivity contribution is -0.197. The van der Waals surface area contributed by atoms with Crippen LogP contribution in [-0.4, -0.2) is 16.0 Å². The van der Waals surface area contributed by atoms with Crippen molar-refractivity contribution in [2.45, 2.75) is 32.5 Å². The van der Waals surface area contributed by atoms with E-state index >= 15 is 0 Å². The van der Waals surface area contributed by atoms with E-state index in [0.29, 0.717) is 21.3 Å². The quantitative estimate of drug-likeness (QED) is 0.815. The number of anilines is 1. The van der Waals surface area contributed by atoms with E-state index in [9.17, 15) is 13.2 Å². The lowest BCUT2D eigenvalue weighted by Crippen LogP contribution is -2.46. The number of nitrogens with zero attached hydrogens (tertiary/aromatic N) is 2. The smallest absolute Gasteiger partial charge is 0.398 e. The van der Waals surface area contributed by atoms with Gasteiger partial charge in [0.25, 0.3) is 0 Å². The van der Waals surface area contributed by atoms with E-state index in [1.165, 1.54) is 24.5 Å². The summed E-state index contributed by atoms with van der Waals surface area (Å²) in [5.74, 6) is 0. The fourth-order valence-corrected chi connectivity index (χ4v) is 2.51. The maximum Gasteiger partial charge on any atom is 0.417 e. The number of halogens is 4. The van der Waals surface area contributed by atoms with E-state index in [4.69, 9.17) is 5.73 Å². The molecule has 0 fully saturated rings. The molecule has 1 atom stereocenters. The van der Waals surface area contributed by atoms with Crippen LogP contribution in [0.2, 0.25) is 0 Å². The molecular formula is C14H15BrF3N3. The van der Waals surface area contributed by atoms with Crippen molar-refractivity contribution in [2.75, 3.05) is 5.73 Å². The highest BCUT2D eigenvalue weighted by Crippen LogP contribution is 2.43. The van der Waals surface area contributed by atoms with Crippen molar-refractivity contribution in [1.82, 2.24) is 9.78 Å². The van der Waals surface area contributed by atoms with Gasteiger partial charge in [0, 0.05) is 11.9 Å². The number of aryl methyl sites for hydroxylation is 2. The molecule has 7 heteroatoms. The lowest BCUT2D eigenvalue weighted by atomic mass is 9.88. The molecule has 0 aliphatic rings. The van der Waals surface area contributed by atoms with Gasteiger partial charge in [-0.1, -0.05) is 12.1 Å². The van der Waals surface area contributed by atoms with Crippen LogP contribution in [0.5, 0.6) is 0 Å². The third-order valence-corrected chi connectivity index (χ3v) is 4.13. The first-order valence-electron chi connectivity index (χ1n) is 6.22. The first-order valence-corrected chi connectivity index (χ1v) is 7.01. The SMILES string of the molecule is Cc1cc(C(C)(n2cc(Br)cn2)C(F)(F)F)cc(C)c1N. The summed E-state index contributed by atoms with van der Waals surface area (Å²) in [5, 5.41) is 3.83. The van der Waals surface area contributed by atoms with Crippen LogP contribution in [0.3, 0.4) is 0 Å². The average Bonchev–Trinajstić information content (AvgIpc) is 2.80. The predicted octanol–water partition coefficient (Wildman–Crippen LogP) is 4.17. The molecular weight excluding hydrogens is 347 g/mol. The standard InChI is InChI=1S/C14H15BrF3N3/c1-8-4-10(5-9(2)12(8)19)13(3,14(16,17)18)21-7-11(15)6-20-21/h4-7H,19H2,1-3H3. The van der Waals surface area contributed by atoms with Gasteiger partial charge in [0.1, 0.15) is 0 Å². The summed E-state index contributed by atoms with van der Waals surface area (Å²) in [6.45, 7) is 4.50. The molecule has 0 aliphatic heterocycles. The van der Waals surface area contributed by atoms with Crippen molar-refractivity contribution >= 4 is 21.6 Å². The molecule has 2 rings (SSSR count). The summed E-state index contributed by atoms with van der Waals surface area (Å²) in [4.78, 5) is 0. The number of aromatic nitrogens is 2. The van der Waals surface area contributed by atoms with Crippen LogP contribution < -0.4 is 5.73 Å². The van der Waals surface area contributed by atoms with Gasteiger partial charge in [0.2, 0.25) is 0 Å². The summed E-state index contributed by atoms with van der Waals surface area (Å²) in [7, 11) is 0. The van der Waals surface area contributed by atoms with Crippen molar-refractivity contribution < 1.29 is 13.2 Å². The number of benzene rings is 1. The number of nitrogens with two attached hydrogens (primary N) is 1. The molecule has 114 valence electrons. The van der Waals surface area contributed by atoms with Gasteiger partial charge >= 0.3 is 6.18 Å². The second-order valence-corrected chi connectivity index (χ2v) is 6.11. The van der Waals surface area contributed by atoms with E-state index in [1.807, 2.05) is 0 Å². The van der Waals surface area contributed by atoms with Crippen molar-refractivity contribution in [2.24, 2.45) is 0 Å². The molecule has 0 radical (unpaired) electrons. The van der Waals surface area contributed by atoms with Gasteiger partial charge < -0.3 is 5.73 Å². The Morgan fingerprint density at radius 2 is 1.71 bits per heavy atom. The Kier molecular flexibility index (Phi) is 3.82. The Hall–Kier alpha value is -1.50. The first-order chi connectivity index (χ1) is 9.57. The summed E-state index contributed by atoms with van der Waals surface area (Å²) in [5.41, 5.74) is 5.42. The molecule has 1 aromatic carbocycles. The molecule has 0 bridgehead atoms. The third-order valence-electron chi connectivity index (χ3n) is 3.72. The highest BCUT2D eigenvalue weighted by atomic mass is 79.9. The topological polar surface area (TPSA) is 43.8 Å². The second-order valence-electron chi connectivity index (χ2n) is 5.20. The van der Waals surface area contributed by atoms with Crippen LogP contribution in [0.4, 0.5) is 18.9 Å². The van der Waals surface area contributed by atoms with Crippen LogP contribution >= 0.6 is 15.9 Å². The highest BCUT2D eigenvalue weighted by molar-refractivity contribution is 9.10. The van der Waals surface area contributed by atoms with Gasteiger partial charge in [-0.15, -0.1) is 0 Å². The fraction of sp³-hybridized carbons (Fsp3) is 0.357. The number of alkyl halides is 3. The summed E-state index contributed by atoms with van der Waals surface area (Å²) in [6, 6.07) is 2.93. The minimum atomic E-state index is -4.51. The minimum absolute atomic E-state index is 0.106. The number of hydrogen-bond donors (Lipinski definition) is 1. The number of hydrogen-bond acceptors (Lipinski definition) is 2. The maximum atomic E-state index is 13.7. The van der Waals surface area contributed by atoms with E-state index in [-0.39, 0.29) is 5.56 Å². The normalized spacial score (nSPS) is 15.0. The van der Waals surface area contributed by atoms with Crippen molar-refractivity contribution in [3.63, 3.8) is 0 Å². The second kappa shape index (κ2) is 5.05. The van der Waals surface area contributed by atoms with Crippen LogP contribution in [0.15, 0.2) is 29.0 Å². The molecule has 21 heavy (non-hydrogen) atoms. The number of nitrogen functional groups attached to an aromatic ring is 1. The molecule has 3 nitrogen and oxygen atoms in total. The van der Waals surface area contributed by atoms with Crippen LogP contribution in [0.25, 0.3) is 0 Å². The average molecular weight is 362 g/mol. The van der Waals surface area contributed by atoms with Crippen LogP contribution in [-0.2, 0) is 5.54 Å². The predicted molar refractivity (Wildman–Crippen MR) is 79.1 cm³/mol. The lowest BCUT2D eigenvalue weighted by Gasteiger charge is -2.33. The van der Waals surface area contributed by atoms with Crippen molar-refractivity contribution in [3.05, 3.63) is 45.7 Å². The summed E-state index contributed by atoms with van der Waals surface area (Å²) >= 11 is 3.13. The molecule has 1 aromatic heterocycles. The van der Waals surface area contributed by atoms with E-state index in [2.05, 4.69) is 21.0 Å². The van der Waals surface area contributed by atoms with Gasteiger partial charge in [0.15, 0.2) is 5.54 Å². The zero-order valence-corrected chi connectivity index (χ0v) is 13.4.